The van der Waals surface area contributed by atoms with Crippen molar-refractivity contribution in [3.05, 3.63) is 76.3 Å². The van der Waals surface area contributed by atoms with Crippen LogP contribution in [0.1, 0.15) is 17.3 Å². The van der Waals surface area contributed by atoms with E-state index >= 15 is 0 Å². The first-order valence-electron chi connectivity index (χ1n) is 8.91. The van der Waals surface area contributed by atoms with Crippen LogP contribution in [0.3, 0.4) is 0 Å². The predicted octanol–water partition coefficient (Wildman–Crippen LogP) is 3.99. The van der Waals surface area contributed by atoms with E-state index in [-0.39, 0.29) is 22.9 Å². The quantitative estimate of drug-likeness (QED) is 0.361. The van der Waals surface area contributed by atoms with E-state index < -0.39 is 10.8 Å². The smallest absolute Gasteiger partial charge is 0.283 e. The Morgan fingerprint density at radius 1 is 1.10 bits per heavy atom. The van der Waals surface area contributed by atoms with Gasteiger partial charge in [0.2, 0.25) is 11.8 Å². The highest BCUT2D eigenvalue weighted by Crippen LogP contribution is 2.32. The van der Waals surface area contributed by atoms with Crippen molar-refractivity contribution in [2.45, 2.75) is 11.8 Å². The third-order valence-corrected chi connectivity index (χ3v) is 5.51. The van der Waals surface area contributed by atoms with Crippen molar-refractivity contribution in [3.63, 3.8) is 0 Å². The van der Waals surface area contributed by atoms with Crippen molar-refractivity contribution < 1.29 is 14.5 Å². The summed E-state index contributed by atoms with van der Waals surface area (Å²) in [6.07, 6.45) is 0. The first-order valence-corrected chi connectivity index (χ1v) is 9.90. The number of nitro benzene ring substituents is 1. The zero-order valence-electron chi connectivity index (χ0n) is 15.7. The summed E-state index contributed by atoms with van der Waals surface area (Å²) >= 11 is 1.06. The number of nitro groups is 1. The van der Waals surface area contributed by atoms with E-state index in [1.807, 2.05) is 49.4 Å². The molecular formula is C21H19N3O4S. The van der Waals surface area contributed by atoms with Gasteiger partial charge in [0.25, 0.3) is 5.69 Å². The molecule has 0 heterocycles. The molecule has 29 heavy (non-hydrogen) atoms. The summed E-state index contributed by atoms with van der Waals surface area (Å²) in [6, 6.07) is 17.6. The lowest BCUT2D eigenvalue weighted by Crippen LogP contribution is -2.32. The van der Waals surface area contributed by atoms with Crippen LogP contribution in [0.15, 0.2) is 65.6 Å². The fourth-order valence-corrected chi connectivity index (χ4v) is 3.96. The topological polar surface area (TPSA) is 107 Å². The first-order chi connectivity index (χ1) is 13.9. The largest absolute Gasteiger partial charge is 0.366 e. The van der Waals surface area contributed by atoms with E-state index in [1.54, 1.807) is 4.90 Å². The minimum atomic E-state index is -0.742. The van der Waals surface area contributed by atoms with Gasteiger partial charge in [0.05, 0.1) is 21.3 Å². The number of fused-ring (bicyclic) bond motifs is 1. The van der Waals surface area contributed by atoms with Gasteiger partial charge in [0.1, 0.15) is 0 Å². The first kappa shape index (κ1) is 20.3. The number of benzene rings is 3. The second kappa shape index (κ2) is 8.74. The molecule has 8 heteroatoms. The number of carbonyl (C=O) groups excluding carboxylic acids is 2. The Balaban J connectivity index is 1.84. The van der Waals surface area contributed by atoms with E-state index in [0.29, 0.717) is 11.4 Å². The molecule has 0 bridgehead atoms. The minimum Gasteiger partial charge on any atom is -0.366 e. The summed E-state index contributed by atoms with van der Waals surface area (Å²) in [7, 11) is 0. The average molecular weight is 409 g/mol. The lowest BCUT2D eigenvalue weighted by molar-refractivity contribution is -0.387. The van der Waals surface area contributed by atoms with Crippen molar-refractivity contribution in [1.29, 1.82) is 0 Å². The highest BCUT2D eigenvalue weighted by Gasteiger charge is 2.21. The fourth-order valence-electron chi connectivity index (χ4n) is 3.08. The predicted molar refractivity (Wildman–Crippen MR) is 114 cm³/mol. The van der Waals surface area contributed by atoms with Crippen LogP contribution in [0, 0.1) is 10.1 Å². The summed E-state index contributed by atoms with van der Waals surface area (Å²) in [5.41, 5.74) is 5.80. The van der Waals surface area contributed by atoms with E-state index in [2.05, 4.69) is 0 Å². The third-order valence-electron chi connectivity index (χ3n) is 4.47. The molecule has 0 aliphatic rings. The van der Waals surface area contributed by atoms with Crippen LogP contribution in [0.5, 0.6) is 0 Å². The lowest BCUT2D eigenvalue weighted by Gasteiger charge is -2.22. The minimum absolute atomic E-state index is 0.0216. The van der Waals surface area contributed by atoms with Crippen molar-refractivity contribution in [2.75, 3.05) is 17.2 Å². The highest BCUT2D eigenvalue weighted by molar-refractivity contribution is 8.00. The summed E-state index contributed by atoms with van der Waals surface area (Å²) in [5, 5.41) is 13.3. The molecule has 3 aromatic rings. The molecule has 0 saturated carbocycles. The van der Waals surface area contributed by atoms with Gasteiger partial charge in [0.15, 0.2) is 0 Å². The Bertz CT molecular complexity index is 1090. The molecule has 0 fully saturated rings. The normalized spacial score (nSPS) is 10.7. The molecule has 0 aliphatic carbocycles. The molecule has 2 N–H and O–H groups in total. The summed E-state index contributed by atoms with van der Waals surface area (Å²) in [4.78, 5) is 36.9. The van der Waals surface area contributed by atoms with Gasteiger partial charge in [-0.25, -0.2) is 0 Å². The molecule has 148 valence electrons. The maximum absolute atomic E-state index is 12.9. The Morgan fingerprint density at radius 3 is 2.52 bits per heavy atom. The number of thioether (sulfide) groups is 1. The molecule has 0 aromatic heterocycles. The maximum atomic E-state index is 12.9. The van der Waals surface area contributed by atoms with Crippen molar-refractivity contribution in [1.82, 2.24) is 0 Å². The molecule has 0 saturated heterocycles. The lowest BCUT2D eigenvalue weighted by atomic mass is 10.1. The van der Waals surface area contributed by atoms with E-state index in [4.69, 9.17) is 5.73 Å². The SMILES string of the molecule is CCN(C(=O)CSc1ccc(C(N)=O)cc1[N+](=O)[O-])c1cccc2ccccc12. The van der Waals surface area contributed by atoms with Crippen LogP contribution in [0.2, 0.25) is 0 Å². The fraction of sp³-hybridized carbons (Fsp3) is 0.143. The number of hydrogen-bond donors (Lipinski definition) is 1. The molecule has 3 rings (SSSR count). The van der Waals surface area contributed by atoms with Crippen LogP contribution < -0.4 is 10.6 Å². The summed E-state index contributed by atoms with van der Waals surface area (Å²) in [6.45, 7) is 2.35. The van der Waals surface area contributed by atoms with Crippen LogP contribution in [-0.2, 0) is 4.79 Å². The Hall–Kier alpha value is -3.39. The van der Waals surface area contributed by atoms with Gasteiger partial charge in [-0.1, -0.05) is 36.4 Å². The maximum Gasteiger partial charge on any atom is 0.283 e. The molecule has 0 radical (unpaired) electrons. The Kier molecular flexibility index (Phi) is 6.13. The number of nitrogens with zero attached hydrogens (tertiary/aromatic N) is 2. The number of amides is 2. The zero-order chi connectivity index (χ0) is 21.0. The van der Waals surface area contributed by atoms with Gasteiger partial charge in [-0.15, -0.1) is 11.8 Å². The zero-order valence-corrected chi connectivity index (χ0v) is 16.5. The Morgan fingerprint density at radius 2 is 1.83 bits per heavy atom. The van der Waals surface area contributed by atoms with Gasteiger partial charge >= 0.3 is 0 Å². The summed E-state index contributed by atoms with van der Waals surface area (Å²) in [5.74, 6) is -0.885. The van der Waals surface area contributed by atoms with Gasteiger partial charge in [0, 0.05) is 23.6 Å². The number of carbonyl (C=O) groups is 2. The van der Waals surface area contributed by atoms with Crippen molar-refractivity contribution in [3.8, 4) is 0 Å². The van der Waals surface area contributed by atoms with Crippen LogP contribution in [0.25, 0.3) is 10.8 Å². The number of nitrogens with two attached hydrogens (primary N) is 1. The number of rotatable bonds is 7. The number of hydrogen-bond acceptors (Lipinski definition) is 5. The monoisotopic (exact) mass is 409 g/mol. The number of primary amides is 1. The van der Waals surface area contributed by atoms with Gasteiger partial charge in [-0.3, -0.25) is 19.7 Å². The van der Waals surface area contributed by atoms with Gasteiger partial charge < -0.3 is 10.6 Å². The molecule has 2 amide bonds. The highest BCUT2D eigenvalue weighted by atomic mass is 32.2. The average Bonchev–Trinajstić information content (AvgIpc) is 2.72. The summed E-state index contributed by atoms with van der Waals surface area (Å²) < 4.78 is 0. The van der Waals surface area contributed by atoms with Crippen molar-refractivity contribution >= 4 is 45.7 Å². The van der Waals surface area contributed by atoms with Gasteiger partial charge in [-0.05, 0) is 30.5 Å². The third kappa shape index (κ3) is 4.38. The molecular weight excluding hydrogens is 390 g/mol. The van der Waals surface area contributed by atoms with Gasteiger partial charge in [-0.2, -0.15) is 0 Å². The van der Waals surface area contributed by atoms with E-state index in [9.17, 15) is 19.7 Å². The molecule has 0 spiro atoms. The van der Waals surface area contributed by atoms with E-state index in [0.717, 1.165) is 34.3 Å². The van der Waals surface area contributed by atoms with E-state index in [1.165, 1.54) is 12.1 Å². The van der Waals surface area contributed by atoms with Crippen molar-refractivity contribution in [2.24, 2.45) is 5.73 Å². The molecule has 0 atom stereocenters. The molecule has 0 unspecified atom stereocenters. The standard InChI is InChI=1S/C21H19N3O4S/c1-2-23(17-9-5-7-14-6-3-4-8-16(14)17)20(25)13-29-19-11-10-15(21(22)26)12-18(19)24(27)28/h3-12H,2,13H2,1H3,(H2,22,26). The molecule has 7 nitrogen and oxygen atoms in total. The van der Waals surface area contributed by atoms with Crippen LogP contribution in [0.4, 0.5) is 11.4 Å². The van der Waals surface area contributed by atoms with Crippen LogP contribution in [-0.4, -0.2) is 29.0 Å². The van der Waals surface area contributed by atoms with Crippen LogP contribution >= 0.6 is 11.8 Å². The Labute approximate surface area is 171 Å². The molecule has 3 aromatic carbocycles. The second-order valence-corrected chi connectivity index (χ2v) is 7.25. The molecule has 0 aliphatic heterocycles. The second-order valence-electron chi connectivity index (χ2n) is 6.23. The number of anilines is 1.